The molecule has 2 aromatic carbocycles. The highest BCUT2D eigenvalue weighted by Crippen LogP contribution is 2.29. The molecule has 1 amide bonds. The molecule has 0 aliphatic heterocycles. The first-order valence-electron chi connectivity index (χ1n) is 6.54. The van der Waals surface area contributed by atoms with Crippen LogP contribution in [-0.2, 0) is 6.61 Å². The van der Waals surface area contributed by atoms with Crippen LogP contribution in [-0.4, -0.2) is 12.5 Å². The highest BCUT2D eigenvalue weighted by Gasteiger charge is 2.09. The summed E-state index contributed by atoms with van der Waals surface area (Å²) in [7, 11) is 0. The molecule has 21 heavy (non-hydrogen) atoms. The topological polar surface area (TPSA) is 61.5 Å². The Morgan fingerprint density at radius 2 is 1.81 bits per heavy atom. The minimum absolute atomic E-state index is 0.274. The average Bonchev–Trinajstić information content (AvgIpc) is 2.47. The summed E-state index contributed by atoms with van der Waals surface area (Å²) in [6, 6.07) is 10.8. The molecule has 0 bridgehead atoms. The zero-order chi connectivity index (χ0) is 15.2. The molecule has 110 valence electrons. The van der Waals surface area contributed by atoms with E-state index in [1.54, 1.807) is 30.3 Å². The highest BCUT2D eigenvalue weighted by atomic mass is 19.1. The van der Waals surface area contributed by atoms with Crippen LogP contribution in [0.2, 0.25) is 0 Å². The van der Waals surface area contributed by atoms with Crippen LogP contribution < -0.4 is 15.2 Å². The van der Waals surface area contributed by atoms with Crippen molar-refractivity contribution in [2.75, 3.05) is 6.61 Å². The molecule has 0 spiro atoms. The summed E-state index contributed by atoms with van der Waals surface area (Å²) in [5.41, 5.74) is 6.42. The third kappa shape index (κ3) is 3.95. The molecule has 0 aromatic heterocycles. The fourth-order valence-electron chi connectivity index (χ4n) is 1.79. The molecule has 2 aromatic rings. The number of hydrogen-bond donors (Lipinski definition) is 1. The molecule has 0 heterocycles. The summed E-state index contributed by atoms with van der Waals surface area (Å²) < 4.78 is 23.9. The molecule has 0 saturated heterocycles. The van der Waals surface area contributed by atoms with E-state index in [9.17, 15) is 9.18 Å². The second kappa shape index (κ2) is 6.74. The predicted octanol–water partition coefficient (Wildman–Crippen LogP) is 2.90. The SMILES string of the molecule is CCOc1cc(C(N)=O)ccc1OCc1ccc(F)cc1. The first kappa shape index (κ1) is 14.8. The normalized spacial score (nSPS) is 10.2. The number of carbonyl (C=O) groups is 1. The number of carbonyl (C=O) groups excluding carboxylic acids is 1. The Morgan fingerprint density at radius 3 is 2.43 bits per heavy atom. The van der Waals surface area contributed by atoms with E-state index in [-0.39, 0.29) is 12.4 Å². The quantitative estimate of drug-likeness (QED) is 0.889. The van der Waals surface area contributed by atoms with Gasteiger partial charge in [0.2, 0.25) is 5.91 Å². The Kier molecular flexibility index (Phi) is 4.77. The number of primary amides is 1. The van der Waals surface area contributed by atoms with Gasteiger partial charge in [-0.25, -0.2) is 4.39 Å². The zero-order valence-electron chi connectivity index (χ0n) is 11.6. The monoisotopic (exact) mass is 289 g/mol. The van der Waals surface area contributed by atoms with Crippen LogP contribution in [0, 0.1) is 5.82 Å². The van der Waals surface area contributed by atoms with Gasteiger partial charge in [-0.3, -0.25) is 4.79 Å². The molecule has 0 aliphatic carbocycles. The van der Waals surface area contributed by atoms with Crippen LogP contribution in [0.25, 0.3) is 0 Å². The number of amides is 1. The van der Waals surface area contributed by atoms with Gasteiger partial charge in [-0.1, -0.05) is 12.1 Å². The van der Waals surface area contributed by atoms with Gasteiger partial charge in [-0.2, -0.15) is 0 Å². The van der Waals surface area contributed by atoms with E-state index in [0.717, 1.165) is 5.56 Å². The van der Waals surface area contributed by atoms with Crippen molar-refractivity contribution in [2.24, 2.45) is 5.73 Å². The fraction of sp³-hybridized carbons (Fsp3) is 0.188. The lowest BCUT2D eigenvalue weighted by Crippen LogP contribution is -2.11. The lowest BCUT2D eigenvalue weighted by atomic mass is 10.2. The van der Waals surface area contributed by atoms with E-state index in [4.69, 9.17) is 15.2 Å². The summed E-state index contributed by atoms with van der Waals surface area (Å²) in [5.74, 6) is 0.141. The van der Waals surface area contributed by atoms with Crippen molar-refractivity contribution in [3.63, 3.8) is 0 Å². The molecule has 4 nitrogen and oxygen atoms in total. The number of benzene rings is 2. The van der Waals surface area contributed by atoms with Crippen molar-refractivity contribution >= 4 is 5.91 Å². The van der Waals surface area contributed by atoms with Crippen molar-refractivity contribution < 1.29 is 18.7 Å². The van der Waals surface area contributed by atoms with Crippen LogP contribution in [0.1, 0.15) is 22.8 Å². The van der Waals surface area contributed by atoms with Gasteiger partial charge in [0.05, 0.1) is 6.61 Å². The first-order valence-corrected chi connectivity index (χ1v) is 6.54. The van der Waals surface area contributed by atoms with Gasteiger partial charge in [-0.05, 0) is 42.8 Å². The van der Waals surface area contributed by atoms with Crippen LogP contribution in [0.3, 0.4) is 0 Å². The molecule has 0 radical (unpaired) electrons. The van der Waals surface area contributed by atoms with Crippen LogP contribution in [0.5, 0.6) is 11.5 Å². The highest BCUT2D eigenvalue weighted by molar-refractivity contribution is 5.93. The van der Waals surface area contributed by atoms with Crippen molar-refractivity contribution in [3.05, 3.63) is 59.4 Å². The van der Waals surface area contributed by atoms with Crippen molar-refractivity contribution in [2.45, 2.75) is 13.5 Å². The lowest BCUT2D eigenvalue weighted by Gasteiger charge is -2.12. The van der Waals surface area contributed by atoms with Crippen molar-refractivity contribution in [1.29, 1.82) is 0 Å². The maximum atomic E-state index is 12.8. The van der Waals surface area contributed by atoms with E-state index < -0.39 is 5.91 Å². The molecule has 0 atom stereocenters. The summed E-state index contributed by atoms with van der Waals surface area (Å²) in [4.78, 5) is 11.2. The zero-order valence-corrected chi connectivity index (χ0v) is 11.6. The van der Waals surface area contributed by atoms with E-state index in [2.05, 4.69) is 0 Å². The molecular weight excluding hydrogens is 273 g/mol. The molecule has 0 unspecified atom stereocenters. The van der Waals surface area contributed by atoms with Gasteiger partial charge >= 0.3 is 0 Å². The Labute approximate surface area is 122 Å². The summed E-state index contributed by atoms with van der Waals surface area (Å²) >= 11 is 0. The van der Waals surface area contributed by atoms with Crippen molar-refractivity contribution in [3.8, 4) is 11.5 Å². The van der Waals surface area contributed by atoms with Crippen LogP contribution in [0.15, 0.2) is 42.5 Å². The predicted molar refractivity (Wildman–Crippen MR) is 76.9 cm³/mol. The Hall–Kier alpha value is -2.56. The molecule has 5 heteroatoms. The van der Waals surface area contributed by atoms with Gasteiger partial charge in [-0.15, -0.1) is 0 Å². The first-order chi connectivity index (χ1) is 10.1. The van der Waals surface area contributed by atoms with Gasteiger partial charge in [0, 0.05) is 5.56 Å². The van der Waals surface area contributed by atoms with Crippen molar-refractivity contribution in [1.82, 2.24) is 0 Å². The van der Waals surface area contributed by atoms with Gasteiger partial charge in [0.15, 0.2) is 11.5 Å². The third-order valence-corrected chi connectivity index (χ3v) is 2.84. The standard InChI is InChI=1S/C16H16FNO3/c1-2-20-15-9-12(16(18)19)5-8-14(15)21-10-11-3-6-13(17)7-4-11/h3-9H,2,10H2,1H3,(H2,18,19). The van der Waals surface area contributed by atoms with Gasteiger partial charge in [0.25, 0.3) is 0 Å². The Morgan fingerprint density at radius 1 is 1.10 bits per heavy atom. The van der Waals surface area contributed by atoms with E-state index in [0.29, 0.717) is 23.7 Å². The molecule has 0 fully saturated rings. The molecule has 2 rings (SSSR count). The number of rotatable bonds is 6. The van der Waals surface area contributed by atoms with Gasteiger partial charge < -0.3 is 15.2 Å². The fourth-order valence-corrected chi connectivity index (χ4v) is 1.79. The van der Waals surface area contributed by atoms with E-state index in [1.807, 2.05) is 6.92 Å². The lowest BCUT2D eigenvalue weighted by molar-refractivity contribution is 0.0999. The Balaban J connectivity index is 2.14. The number of ether oxygens (including phenoxy) is 2. The number of halogens is 1. The molecule has 2 N–H and O–H groups in total. The molecule has 0 aliphatic rings. The molecule has 0 saturated carbocycles. The minimum Gasteiger partial charge on any atom is -0.490 e. The molecular formula is C16H16FNO3. The third-order valence-electron chi connectivity index (χ3n) is 2.84. The minimum atomic E-state index is -0.527. The van der Waals surface area contributed by atoms with Crippen LogP contribution >= 0.6 is 0 Å². The van der Waals surface area contributed by atoms with E-state index >= 15 is 0 Å². The summed E-state index contributed by atoms with van der Waals surface area (Å²) in [6.07, 6.45) is 0. The maximum Gasteiger partial charge on any atom is 0.248 e. The van der Waals surface area contributed by atoms with E-state index in [1.165, 1.54) is 12.1 Å². The second-order valence-electron chi connectivity index (χ2n) is 4.37. The smallest absolute Gasteiger partial charge is 0.248 e. The second-order valence-corrected chi connectivity index (χ2v) is 4.37. The summed E-state index contributed by atoms with van der Waals surface area (Å²) in [6.45, 7) is 2.55. The Bertz CT molecular complexity index is 626. The largest absolute Gasteiger partial charge is 0.490 e. The number of nitrogens with two attached hydrogens (primary N) is 1. The summed E-state index contributed by atoms with van der Waals surface area (Å²) in [5, 5.41) is 0. The maximum absolute atomic E-state index is 12.8. The number of hydrogen-bond acceptors (Lipinski definition) is 3. The van der Waals surface area contributed by atoms with Crippen LogP contribution in [0.4, 0.5) is 4.39 Å². The average molecular weight is 289 g/mol. The van der Waals surface area contributed by atoms with Gasteiger partial charge in [0.1, 0.15) is 12.4 Å².